The lowest BCUT2D eigenvalue weighted by atomic mass is 9.80. The van der Waals surface area contributed by atoms with E-state index in [0.717, 1.165) is 11.9 Å². The van der Waals surface area contributed by atoms with Crippen molar-refractivity contribution >= 4 is 12.6 Å². The van der Waals surface area contributed by atoms with Crippen LogP contribution >= 0.6 is 0 Å². The number of nitriles is 1. The molecule has 1 saturated heterocycles. The van der Waals surface area contributed by atoms with Crippen LogP contribution in [0.5, 0.6) is 5.88 Å². The minimum absolute atomic E-state index is 0.361. The van der Waals surface area contributed by atoms with E-state index in [0.29, 0.717) is 18.1 Å². The van der Waals surface area contributed by atoms with Gasteiger partial charge in [-0.3, -0.25) is 0 Å². The highest BCUT2D eigenvalue weighted by atomic mass is 16.7. The molecule has 0 amide bonds. The zero-order valence-electron chi connectivity index (χ0n) is 13.3. The Labute approximate surface area is 126 Å². The van der Waals surface area contributed by atoms with Crippen LogP contribution < -0.4 is 10.2 Å². The number of aromatic nitrogens is 1. The Morgan fingerprint density at radius 1 is 1.29 bits per heavy atom. The molecular formula is C15H21BN2O3. The third-order valence-corrected chi connectivity index (χ3v) is 3.96. The monoisotopic (exact) mass is 288 g/mol. The molecule has 0 radical (unpaired) electrons. The van der Waals surface area contributed by atoms with Crippen LogP contribution in [0.15, 0.2) is 12.3 Å². The summed E-state index contributed by atoms with van der Waals surface area (Å²) in [5, 5.41) is 9.24. The van der Waals surface area contributed by atoms with Gasteiger partial charge in [-0.2, -0.15) is 5.26 Å². The summed E-state index contributed by atoms with van der Waals surface area (Å²) in [6, 6.07) is 3.83. The van der Waals surface area contributed by atoms with Gasteiger partial charge < -0.3 is 14.0 Å². The SMILES string of the molecule is CCCOc1ncc(B2OC(C)(C)C(C)(C)O2)cc1C#N. The second-order valence-corrected chi connectivity index (χ2v) is 6.17. The van der Waals surface area contributed by atoms with Gasteiger partial charge in [0.05, 0.1) is 17.8 Å². The zero-order valence-corrected chi connectivity index (χ0v) is 13.3. The van der Waals surface area contributed by atoms with E-state index in [1.807, 2.05) is 34.6 Å². The highest BCUT2D eigenvalue weighted by molar-refractivity contribution is 6.62. The maximum atomic E-state index is 9.24. The van der Waals surface area contributed by atoms with Gasteiger partial charge >= 0.3 is 7.12 Å². The lowest BCUT2D eigenvalue weighted by molar-refractivity contribution is 0.00578. The average molecular weight is 288 g/mol. The van der Waals surface area contributed by atoms with Gasteiger partial charge in [-0.1, -0.05) is 6.92 Å². The van der Waals surface area contributed by atoms with Crippen molar-refractivity contribution in [2.24, 2.45) is 0 Å². The van der Waals surface area contributed by atoms with E-state index in [1.165, 1.54) is 0 Å². The molecular weight excluding hydrogens is 267 g/mol. The molecule has 1 aromatic heterocycles. The number of hydrogen-bond donors (Lipinski definition) is 0. The van der Waals surface area contributed by atoms with Gasteiger partial charge in [-0.25, -0.2) is 4.98 Å². The first-order valence-corrected chi connectivity index (χ1v) is 7.19. The summed E-state index contributed by atoms with van der Waals surface area (Å²) in [5.41, 5.74) is 0.300. The summed E-state index contributed by atoms with van der Waals surface area (Å²) >= 11 is 0. The van der Waals surface area contributed by atoms with Crippen molar-refractivity contribution in [3.8, 4) is 11.9 Å². The molecule has 0 aliphatic carbocycles. The predicted molar refractivity (Wildman–Crippen MR) is 80.5 cm³/mol. The molecule has 5 nitrogen and oxygen atoms in total. The van der Waals surface area contributed by atoms with Gasteiger partial charge in [-0.15, -0.1) is 0 Å². The van der Waals surface area contributed by atoms with Crippen molar-refractivity contribution in [1.29, 1.82) is 5.26 Å². The van der Waals surface area contributed by atoms with E-state index in [-0.39, 0.29) is 0 Å². The molecule has 0 atom stereocenters. The molecule has 1 aliphatic rings. The maximum Gasteiger partial charge on any atom is 0.496 e. The first-order valence-electron chi connectivity index (χ1n) is 7.19. The van der Waals surface area contributed by atoms with E-state index in [4.69, 9.17) is 14.0 Å². The molecule has 0 saturated carbocycles. The number of ether oxygens (including phenoxy) is 1. The van der Waals surface area contributed by atoms with Crippen molar-refractivity contribution in [3.63, 3.8) is 0 Å². The Morgan fingerprint density at radius 2 is 1.90 bits per heavy atom. The van der Waals surface area contributed by atoms with Gasteiger partial charge in [0.15, 0.2) is 0 Å². The summed E-state index contributed by atoms with van der Waals surface area (Å²) in [4.78, 5) is 4.22. The topological polar surface area (TPSA) is 64.4 Å². The van der Waals surface area contributed by atoms with E-state index < -0.39 is 18.3 Å². The van der Waals surface area contributed by atoms with Crippen molar-refractivity contribution in [3.05, 3.63) is 17.8 Å². The summed E-state index contributed by atoms with van der Waals surface area (Å²) in [5.74, 6) is 0.361. The quantitative estimate of drug-likeness (QED) is 0.793. The second kappa shape index (κ2) is 5.66. The van der Waals surface area contributed by atoms with Crippen LogP contribution in [0.4, 0.5) is 0 Å². The van der Waals surface area contributed by atoms with Gasteiger partial charge in [0.25, 0.3) is 0 Å². The number of nitrogens with zero attached hydrogens (tertiary/aromatic N) is 2. The molecule has 1 aromatic rings. The minimum atomic E-state index is -0.519. The summed E-state index contributed by atoms with van der Waals surface area (Å²) in [6.07, 6.45) is 2.51. The Morgan fingerprint density at radius 3 is 2.43 bits per heavy atom. The Bertz CT molecular complexity index is 551. The molecule has 0 unspecified atom stereocenters. The summed E-state index contributed by atoms with van der Waals surface area (Å²) in [7, 11) is -0.519. The van der Waals surface area contributed by atoms with Crippen LogP contribution in [0.25, 0.3) is 0 Å². The molecule has 6 heteroatoms. The highest BCUT2D eigenvalue weighted by Crippen LogP contribution is 2.36. The fraction of sp³-hybridized carbons (Fsp3) is 0.600. The molecule has 0 bridgehead atoms. The normalized spacial score (nSPS) is 19.3. The molecule has 2 heterocycles. The van der Waals surface area contributed by atoms with Gasteiger partial charge in [-0.05, 0) is 40.2 Å². The molecule has 1 aliphatic heterocycles. The van der Waals surface area contributed by atoms with Crippen LogP contribution in [0.3, 0.4) is 0 Å². The van der Waals surface area contributed by atoms with Crippen molar-refractivity contribution in [2.75, 3.05) is 6.61 Å². The van der Waals surface area contributed by atoms with Crippen LogP contribution in [-0.4, -0.2) is 29.9 Å². The zero-order chi connectivity index (χ0) is 15.7. The number of rotatable bonds is 4. The van der Waals surface area contributed by atoms with Crippen LogP contribution in [0.1, 0.15) is 46.6 Å². The van der Waals surface area contributed by atoms with E-state index in [1.54, 1.807) is 12.3 Å². The standard InChI is InChI=1S/C15H21BN2O3/c1-6-7-19-13-11(9-17)8-12(10-18-13)16-20-14(2,3)15(4,5)21-16/h8,10H,6-7H2,1-5H3. The van der Waals surface area contributed by atoms with Gasteiger partial charge in [0.1, 0.15) is 11.6 Å². The molecule has 112 valence electrons. The molecule has 0 aromatic carbocycles. The van der Waals surface area contributed by atoms with Crippen LogP contribution in [0.2, 0.25) is 0 Å². The van der Waals surface area contributed by atoms with E-state index >= 15 is 0 Å². The lowest BCUT2D eigenvalue weighted by Crippen LogP contribution is -2.41. The van der Waals surface area contributed by atoms with E-state index in [9.17, 15) is 5.26 Å². The van der Waals surface area contributed by atoms with Crippen molar-refractivity contribution in [1.82, 2.24) is 4.98 Å². The lowest BCUT2D eigenvalue weighted by Gasteiger charge is -2.32. The highest BCUT2D eigenvalue weighted by Gasteiger charge is 2.51. The van der Waals surface area contributed by atoms with E-state index in [2.05, 4.69) is 11.1 Å². The van der Waals surface area contributed by atoms with Crippen LogP contribution in [-0.2, 0) is 9.31 Å². The third-order valence-electron chi connectivity index (χ3n) is 3.96. The van der Waals surface area contributed by atoms with Crippen molar-refractivity contribution in [2.45, 2.75) is 52.2 Å². The molecule has 1 fully saturated rings. The first-order chi connectivity index (χ1) is 9.80. The number of pyridine rings is 1. The van der Waals surface area contributed by atoms with Gasteiger partial charge in [0.2, 0.25) is 5.88 Å². The molecule has 21 heavy (non-hydrogen) atoms. The van der Waals surface area contributed by atoms with Gasteiger partial charge in [0, 0.05) is 11.7 Å². The van der Waals surface area contributed by atoms with Crippen molar-refractivity contribution < 1.29 is 14.0 Å². The fourth-order valence-electron chi connectivity index (χ4n) is 1.97. The Balaban J connectivity index is 2.25. The minimum Gasteiger partial charge on any atom is -0.477 e. The smallest absolute Gasteiger partial charge is 0.477 e. The number of hydrogen-bond acceptors (Lipinski definition) is 5. The third kappa shape index (κ3) is 3.04. The Hall–Kier alpha value is -1.58. The van der Waals surface area contributed by atoms with Crippen LogP contribution in [0, 0.1) is 11.3 Å². The first kappa shape index (κ1) is 15.8. The maximum absolute atomic E-state index is 9.24. The molecule has 2 rings (SSSR count). The summed E-state index contributed by atoms with van der Waals surface area (Å²) < 4.78 is 17.4. The molecule has 0 spiro atoms. The second-order valence-electron chi connectivity index (χ2n) is 6.17. The fourth-order valence-corrected chi connectivity index (χ4v) is 1.97. The average Bonchev–Trinajstić information content (AvgIpc) is 2.65. The molecule has 0 N–H and O–H groups in total. The summed E-state index contributed by atoms with van der Waals surface area (Å²) in [6.45, 7) is 10.5. The Kier molecular flexibility index (Phi) is 4.26. The predicted octanol–water partition coefficient (Wildman–Crippen LogP) is 2.04. The largest absolute Gasteiger partial charge is 0.496 e.